The lowest BCUT2D eigenvalue weighted by atomic mass is 9.93. The van der Waals surface area contributed by atoms with Gasteiger partial charge in [0.25, 0.3) is 0 Å². The Morgan fingerprint density at radius 1 is 1.38 bits per heavy atom. The molecule has 1 aromatic carbocycles. The van der Waals surface area contributed by atoms with Crippen LogP contribution in [0.2, 0.25) is 0 Å². The summed E-state index contributed by atoms with van der Waals surface area (Å²) < 4.78 is 5.09. The topological polar surface area (TPSA) is 77.2 Å². The molecular weight excluding hydrogens is 266 g/mol. The van der Waals surface area contributed by atoms with Gasteiger partial charge in [-0.15, -0.1) is 0 Å². The van der Waals surface area contributed by atoms with Gasteiger partial charge in [-0.05, 0) is 26.8 Å². The highest BCUT2D eigenvalue weighted by atomic mass is 16.5. The van der Waals surface area contributed by atoms with Gasteiger partial charge < -0.3 is 15.8 Å². The fraction of sp³-hybridized carbons (Fsp3) is 0.375. The molecule has 0 spiro atoms. The van der Waals surface area contributed by atoms with E-state index in [9.17, 15) is 4.79 Å². The lowest BCUT2D eigenvalue weighted by Gasteiger charge is -2.24. The van der Waals surface area contributed by atoms with Crippen LogP contribution in [0.1, 0.15) is 20.8 Å². The highest BCUT2D eigenvalue weighted by molar-refractivity contribution is 5.97. The second kappa shape index (κ2) is 5.99. The van der Waals surface area contributed by atoms with Crippen molar-refractivity contribution in [1.29, 1.82) is 0 Å². The molecule has 0 aliphatic rings. The smallest absolute Gasteiger partial charge is 0.313 e. The van der Waals surface area contributed by atoms with Crippen LogP contribution in [0, 0.1) is 5.41 Å². The molecule has 1 aromatic heterocycles. The summed E-state index contributed by atoms with van der Waals surface area (Å²) in [6, 6.07) is 7.75. The quantitative estimate of drug-likeness (QED) is 0.827. The van der Waals surface area contributed by atoms with Crippen LogP contribution in [0.15, 0.2) is 30.5 Å². The van der Waals surface area contributed by atoms with E-state index in [0.29, 0.717) is 18.8 Å². The largest absolute Gasteiger partial charge is 0.466 e. The molecule has 5 nitrogen and oxygen atoms in total. The van der Waals surface area contributed by atoms with Crippen molar-refractivity contribution in [3.63, 3.8) is 0 Å². The molecule has 0 atom stereocenters. The first-order valence-electron chi connectivity index (χ1n) is 7.00. The van der Waals surface area contributed by atoms with Crippen molar-refractivity contribution in [2.45, 2.75) is 20.8 Å². The first-order chi connectivity index (χ1) is 9.95. The fourth-order valence-corrected chi connectivity index (χ4v) is 2.06. The Balaban J connectivity index is 2.24. The first-order valence-corrected chi connectivity index (χ1v) is 7.00. The normalized spacial score (nSPS) is 11.4. The zero-order chi connectivity index (χ0) is 15.5. The maximum Gasteiger partial charge on any atom is 0.313 e. The molecule has 0 unspecified atom stereocenters. The minimum absolute atomic E-state index is 0.227. The molecule has 0 radical (unpaired) electrons. The average Bonchev–Trinajstić information content (AvgIpc) is 2.46. The SMILES string of the molecule is CCOC(=O)C(C)(C)CNc1c(N)cnc2ccccc12. The fourth-order valence-electron chi connectivity index (χ4n) is 2.06. The van der Waals surface area contributed by atoms with E-state index < -0.39 is 5.41 Å². The third kappa shape index (κ3) is 3.24. The van der Waals surface area contributed by atoms with E-state index in [1.54, 1.807) is 13.1 Å². The number of nitrogens with zero attached hydrogens (tertiary/aromatic N) is 1. The standard InChI is InChI=1S/C16H21N3O2/c1-4-21-15(20)16(2,3)10-19-14-11-7-5-6-8-13(11)18-9-12(14)17/h5-9H,4,10,17H2,1-3H3,(H,18,19). The van der Waals surface area contributed by atoms with Gasteiger partial charge in [-0.3, -0.25) is 9.78 Å². The molecule has 1 heterocycles. The van der Waals surface area contributed by atoms with Crippen molar-refractivity contribution >= 4 is 28.2 Å². The summed E-state index contributed by atoms with van der Waals surface area (Å²) in [5.74, 6) is -0.227. The molecule has 21 heavy (non-hydrogen) atoms. The predicted octanol–water partition coefficient (Wildman–Crippen LogP) is 2.82. The van der Waals surface area contributed by atoms with Gasteiger partial charge in [0.1, 0.15) is 0 Å². The van der Waals surface area contributed by atoms with Crippen molar-refractivity contribution in [3.05, 3.63) is 30.5 Å². The number of esters is 1. The van der Waals surface area contributed by atoms with Crippen LogP contribution < -0.4 is 11.1 Å². The number of para-hydroxylation sites is 1. The average molecular weight is 287 g/mol. The Hall–Kier alpha value is -2.30. The molecule has 3 N–H and O–H groups in total. The van der Waals surface area contributed by atoms with Gasteiger partial charge in [-0.2, -0.15) is 0 Å². The third-order valence-electron chi connectivity index (χ3n) is 3.34. The van der Waals surface area contributed by atoms with E-state index in [0.717, 1.165) is 16.6 Å². The van der Waals surface area contributed by atoms with Crippen LogP contribution in [0.5, 0.6) is 0 Å². The number of hydrogen-bond acceptors (Lipinski definition) is 5. The minimum atomic E-state index is -0.632. The van der Waals surface area contributed by atoms with Crippen molar-refractivity contribution in [3.8, 4) is 0 Å². The van der Waals surface area contributed by atoms with Gasteiger partial charge in [0.2, 0.25) is 0 Å². The number of nitrogens with one attached hydrogen (secondary N) is 1. The summed E-state index contributed by atoms with van der Waals surface area (Å²) in [6.07, 6.45) is 1.63. The molecule has 0 fully saturated rings. The lowest BCUT2D eigenvalue weighted by Crippen LogP contribution is -2.34. The zero-order valence-electron chi connectivity index (χ0n) is 12.6. The second-order valence-electron chi connectivity index (χ2n) is 5.56. The van der Waals surface area contributed by atoms with Gasteiger partial charge in [0, 0.05) is 11.9 Å². The zero-order valence-corrected chi connectivity index (χ0v) is 12.6. The number of anilines is 2. The number of nitrogen functional groups attached to an aromatic ring is 1. The molecule has 0 aliphatic carbocycles. The minimum Gasteiger partial charge on any atom is -0.466 e. The number of fused-ring (bicyclic) bond motifs is 1. The van der Waals surface area contributed by atoms with Crippen LogP contribution in [-0.2, 0) is 9.53 Å². The monoisotopic (exact) mass is 287 g/mol. The molecule has 5 heteroatoms. The Kier molecular flexibility index (Phi) is 4.31. The number of nitrogens with two attached hydrogens (primary N) is 1. The van der Waals surface area contributed by atoms with E-state index in [2.05, 4.69) is 10.3 Å². The number of carbonyl (C=O) groups excluding carboxylic acids is 1. The molecule has 0 aliphatic heterocycles. The molecule has 112 valence electrons. The third-order valence-corrected chi connectivity index (χ3v) is 3.34. The summed E-state index contributed by atoms with van der Waals surface area (Å²) >= 11 is 0. The summed E-state index contributed by atoms with van der Waals surface area (Å²) in [4.78, 5) is 16.2. The summed E-state index contributed by atoms with van der Waals surface area (Å²) in [5, 5.41) is 4.21. The Labute approximate surface area is 124 Å². The first kappa shape index (κ1) is 15.1. The Morgan fingerprint density at radius 3 is 2.81 bits per heavy atom. The number of pyridine rings is 1. The van der Waals surface area contributed by atoms with Crippen LogP contribution in [0.25, 0.3) is 10.9 Å². The van der Waals surface area contributed by atoms with Crippen LogP contribution in [-0.4, -0.2) is 24.1 Å². The van der Waals surface area contributed by atoms with Crippen molar-refractivity contribution < 1.29 is 9.53 Å². The number of ether oxygens (including phenoxy) is 1. The Morgan fingerprint density at radius 2 is 2.10 bits per heavy atom. The number of rotatable bonds is 5. The molecule has 0 bridgehead atoms. The number of aromatic nitrogens is 1. The van der Waals surface area contributed by atoms with Crippen molar-refractivity contribution in [2.24, 2.45) is 5.41 Å². The van der Waals surface area contributed by atoms with E-state index in [-0.39, 0.29) is 5.97 Å². The Bertz CT molecular complexity index is 653. The second-order valence-corrected chi connectivity index (χ2v) is 5.56. The highest BCUT2D eigenvalue weighted by Gasteiger charge is 2.29. The van der Waals surface area contributed by atoms with Gasteiger partial charge in [0.05, 0.1) is 35.1 Å². The molecule has 0 amide bonds. The van der Waals surface area contributed by atoms with E-state index in [1.807, 2.05) is 38.1 Å². The number of carbonyl (C=O) groups is 1. The maximum atomic E-state index is 11.9. The molecule has 2 rings (SSSR count). The molecule has 2 aromatic rings. The van der Waals surface area contributed by atoms with Crippen LogP contribution in [0.4, 0.5) is 11.4 Å². The van der Waals surface area contributed by atoms with Crippen LogP contribution in [0.3, 0.4) is 0 Å². The molecule has 0 saturated heterocycles. The maximum absolute atomic E-state index is 11.9. The summed E-state index contributed by atoms with van der Waals surface area (Å²) in [6.45, 7) is 6.30. The molecular formula is C16H21N3O2. The van der Waals surface area contributed by atoms with E-state index in [1.165, 1.54) is 0 Å². The van der Waals surface area contributed by atoms with Gasteiger partial charge >= 0.3 is 5.97 Å². The van der Waals surface area contributed by atoms with Gasteiger partial charge in [0.15, 0.2) is 0 Å². The van der Waals surface area contributed by atoms with Gasteiger partial charge in [-0.1, -0.05) is 18.2 Å². The van der Waals surface area contributed by atoms with E-state index >= 15 is 0 Å². The van der Waals surface area contributed by atoms with E-state index in [4.69, 9.17) is 10.5 Å². The molecule has 0 saturated carbocycles. The van der Waals surface area contributed by atoms with Crippen LogP contribution >= 0.6 is 0 Å². The van der Waals surface area contributed by atoms with Crippen molar-refractivity contribution in [1.82, 2.24) is 4.98 Å². The highest BCUT2D eigenvalue weighted by Crippen LogP contribution is 2.29. The summed E-state index contributed by atoms with van der Waals surface area (Å²) in [5.41, 5.74) is 7.61. The van der Waals surface area contributed by atoms with Crippen molar-refractivity contribution in [2.75, 3.05) is 24.2 Å². The lowest BCUT2D eigenvalue weighted by molar-refractivity contribution is -0.152. The predicted molar refractivity (Wildman–Crippen MR) is 85.1 cm³/mol. The van der Waals surface area contributed by atoms with Gasteiger partial charge in [-0.25, -0.2) is 0 Å². The summed E-state index contributed by atoms with van der Waals surface area (Å²) in [7, 11) is 0. The number of benzene rings is 1. The number of hydrogen-bond donors (Lipinski definition) is 2.